The quantitative estimate of drug-likeness (QED) is 0.537. The number of rotatable bonds is 4. The van der Waals surface area contributed by atoms with Crippen LogP contribution >= 0.6 is 11.6 Å². The lowest BCUT2D eigenvalue weighted by Gasteiger charge is -2.08. The predicted molar refractivity (Wildman–Crippen MR) is 107 cm³/mol. The minimum Gasteiger partial charge on any atom is -0.275 e. The molecule has 0 amide bonds. The molecule has 0 aliphatic carbocycles. The Morgan fingerprint density at radius 3 is 2.11 bits per heavy atom. The number of hydrogen-bond donors (Lipinski definition) is 0. The molecular formula is C20H21ClN6. The number of benzene rings is 1. The van der Waals surface area contributed by atoms with Crippen LogP contribution in [0.1, 0.15) is 17.0 Å². The third kappa shape index (κ3) is 3.28. The fourth-order valence-electron chi connectivity index (χ4n) is 3.38. The number of aromatic nitrogens is 6. The molecule has 0 aliphatic heterocycles. The van der Waals surface area contributed by atoms with Crippen molar-refractivity contribution in [3.05, 3.63) is 64.7 Å². The van der Waals surface area contributed by atoms with E-state index in [1.807, 2.05) is 78.6 Å². The van der Waals surface area contributed by atoms with E-state index in [2.05, 4.69) is 16.3 Å². The highest BCUT2D eigenvalue weighted by Crippen LogP contribution is 2.30. The minimum absolute atomic E-state index is 0.586. The van der Waals surface area contributed by atoms with E-state index in [1.165, 1.54) is 0 Å². The van der Waals surface area contributed by atoms with Gasteiger partial charge in [0.05, 0.1) is 29.3 Å². The average molecular weight is 381 g/mol. The molecule has 0 atom stereocenters. The van der Waals surface area contributed by atoms with Crippen LogP contribution in [0.25, 0.3) is 22.5 Å². The maximum Gasteiger partial charge on any atom is 0.0964 e. The lowest BCUT2D eigenvalue weighted by atomic mass is 10.1. The van der Waals surface area contributed by atoms with Gasteiger partial charge >= 0.3 is 0 Å². The van der Waals surface area contributed by atoms with Gasteiger partial charge < -0.3 is 0 Å². The zero-order valence-corrected chi connectivity index (χ0v) is 16.6. The van der Waals surface area contributed by atoms with Crippen LogP contribution in [0.15, 0.2) is 42.7 Å². The van der Waals surface area contributed by atoms with Gasteiger partial charge in [-0.2, -0.15) is 15.3 Å². The Kier molecular flexibility index (Phi) is 4.36. The lowest BCUT2D eigenvalue weighted by Crippen LogP contribution is -2.04. The van der Waals surface area contributed by atoms with Crippen molar-refractivity contribution in [3.63, 3.8) is 0 Å². The number of aryl methyl sites for hydroxylation is 4. The lowest BCUT2D eigenvalue weighted by molar-refractivity contribution is 0.696. The highest BCUT2D eigenvalue weighted by atomic mass is 35.5. The van der Waals surface area contributed by atoms with Crippen LogP contribution in [0, 0.1) is 13.8 Å². The van der Waals surface area contributed by atoms with Gasteiger partial charge in [0.1, 0.15) is 0 Å². The first-order valence-electron chi connectivity index (χ1n) is 8.75. The molecule has 0 aliphatic rings. The molecule has 0 bridgehead atoms. The van der Waals surface area contributed by atoms with E-state index in [-0.39, 0.29) is 0 Å². The van der Waals surface area contributed by atoms with Crippen molar-refractivity contribution in [2.24, 2.45) is 14.1 Å². The van der Waals surface area contributed by atoms with Crippen LogP contribution in [0.4, 0.5) is 0 Å². The average Bonchev–Trinajstić information content (AvgIpc) is 3.26. The molecule has 138 valence electrons. The molecule has 6 nitrogen and oxygen atoms in total. The number of nitrogens with zero attached hydrogens (tertiary/aromatic N) is 6. The molecule has 4 aromatic rings. The molecule has 0 fully saturated rings. The zero-order valence-electron chi connectivity index (χ0n) is 15.8. The third-order valence-electron chi connectivity index (χ3n) is 4.64. The van der Waals surface area contributed by atoms with Crippen molar-refractivity contribution in [1.29, 1.82) is 0 Å². The predicted octanol–water partition coefficient (Wildman–Crippen LogP) is 4.00. The molecule has 1 aromatic carbocycles. The van der Waals surface area contributed by atoms with Gasteiger partial charge in [-0.25, -0.2) is 0 Å². The van der Waals surface area contributed by atoms with Crippen molar-refractivity contribution >= 4 is 11.6 Å². The second-order valence-corrected chi connectivity index (χ2v) is 7.17. The van der Waals surface area contributed by atoms with Crippen molar-refractivity contribution in [2.75, 3.05) is 0 Å². The van der Waals surface area contributed by atoms with E-state index in [0.29, 0.717) is 6.54 Å². The molecule has 0 saturated heterocycles. The fraction of sp³-hybridized carbons (Fsp3) is 0.250. The largest absolute Gasteiger partial charge is 0.275 e. The Balaban J connectivity index is 1.86. The summed E-state index contributed by atoms with van der Waals surface area (Å²) >= 11 is 6.39. The Labute approximate surface area is 163 Å². The van der Waals surface area contributed by atoms with Gasteiger partial charge in [0.15, 0.2) is 0 Å². The van der Waals surface area contributed by atoms with Crippen LogP contribution in [0.2, 0.25) is 5.02 Å². The maximum absolute atomic E-state index is 6.39. The summed E-state index contributed by atoms with van der Waals surface area (Å²) in [4.78, 5) is 0. The standard InChI is InChI=1S/C20H21ClN6/c1-13-16(11-25(3)22-13)19-9-20(17-12-26(4)23-14(17)2)27(24-19)10-15-7-5-6-8-18(15)21/h5-9,11-12H,10H2,1-4H3. The zero-order chi connectivity index (χ0) is 19.1. The molecule has 7 heteroatoms. The molecule has 3 heterocycles. The summed E-state index contributed by atoms with van der Waals surface area (Å²) in [6, 6.07) is 9.96. The molecule has 27 heavy (non-hydrogen) atoms. The summed E-state index contributed by atoms with van der Waals surface area (Å²) in [7, 11) is 3.85. The molecule has 3 aromatic heterocycles. The van der Waals surface area contributed by atoms with E-state index >= 15 is 0 Å². The first-order valence-corrected chi connectivity index (χ1v) is 9.12. The van der Waals surface area contributed by atoms with E-state index in [1.54, 1.807) is 0 Å². The van der Waals surface area contributed by atoms with Gasteiger partial charge in [-0.3, -0.25) is 14.0 Å². The highest BCUT2D eigenvalue weighted by molar-refractivity contribution is 6.31. The molecule has 0 spiro atoms. The molecule has 0 N–H and O–H groups in total. The summed E-state index contributed by atoms with van der Waals surface area (Å²) in [6.45, 7) is 4.59. The van der Waals surface area contributed by atoms with Crippen LogP contribution in [0.5, 0.6) is 0 Å². The van der Waals surface area contributed by atoms with Gasteiger partial charge in [0, 0.05) is 42.6 Å². The van der Waals surface area contributed by atoms with E-state index in [9.17, 15) is 0 Å². The molecule has 4 rings (SSSR count). The number of halogens is 1. The monoisotopic (exact) mass is 380 g/mol. The maximum atomic E-state index is 6.39. The van der Waals surface area contributed by atoms with Crippen molar-refractivity contribution in [3.8, 4) is 22.5 Å². The summed E-state index contributed by atoms with van der Waals surface area (Å²) in [5.74, 6) is 0. The molecule has 0 saturated carbocycles. The van der Waals surface area contributed by atoms with Gasteiger partial charge in [-0.1, -0.05) is 29.8 Å². The van der Waals surface area contributed by atoms with E-state index in [0.717, 1.165) is 44.5 Å². The normalized spacial score (nSPS) is 11.3. The van der Waals surface area contributed by atoms with Crippen molar-refractivity contribution in [1.82, 2.24) is 29.3 Å². The molecule has 0 radical (unpaired) electrons. The molecular weight excluding hydrogens is 360 g/mol. The van der Waals surface area contributed by atoms with E-state index in [4.69, 9.17) is 16.7 Å². The van der Waals surface area contributed by atoms with Crippen LogP contribution < -0.4 is 0 Å². The Morgan fingerprint density at radius 1 is 0.889 bits per heavy atom. The van der Waals surface area contributed by atoms with E-state index < -0.39 is 0 Å². The van der Waals surface area contributed by atoms with Gasteiger partial charge in [0.2, 0.25) is 0 Å². The Bertz CT molecular complexity index is 1120. The summed E-state index contributed by atoms with van der Waals surface area (Å²) in [5, 5.41) is 14.6. The smallest absolute Gasteiger partial charge is 0.0964 e. The first kappa shape index (κ1) is 17.5. The fourth-order valence-corrected chi connectivity index (χ4v) is 3.57. The van der Waals surface area contributed by atoms with Gasteiger partial charge in [-0.05, 0) is 31.5 Å². The van der Waals surface area contributed by atoms with Crippen LogP contribution in [-0.4, -0.2) is 29.3 Å². The second kappa shape index (κ2) is 6.70. The SMILES string of the molecule is Cc1nn(C)cc1-c1cc(-c2cn(C)nc2C)n(Cc2ccccc2Cl)n1. The van der Waals surface area contributed by atoms with Crippen molar-refractivity contribution in [2.45, 2.75) is 20.4 Å². The molecule has 0 unspecified atom stereocenters. The summed E-state index contributed by atoms with van der Waals surface area (Å²) < 4.78 is 5.63. The Morgan fingerprint density at radius 2 is 1.52 bits per heavy atom. The minimum atomic E-state index is 0.586. The van der Waals surface area contributed by atoms with Crippen LogP contribution in [-0.2, 0) is 20.6 Å². The second-order valence-electron chi connectivity index (χ2n) is 6.77. The summed E-state index contributed by atoms with van der Waals surface area (Å²) in [6.07, 6.45) is 4.02. The Hall–Kier alpha value is -2.86. The first-order chi connectivity index (χ1) is 12.9. The topological polar surface area (TPSA) is 53.5 Å². The van der Waals surface area contributed by atoms with Crippen molar-refractivity contribution < 1.29 is 0 Å². The highest BCUT2D eigenvalue weighted by Gasteiger charge is 2.18. The van der Waals surface area contributed by atoms with Gasteiger partial charge in [-0.15, -0.1) is 0 Å². The van der Waals surface area contributed by atoms with Gasteiger partial charge in [0.25, 0.3) is 0 Å². The van der Waals surface area contributed by atoms with Crippen LogP contribution in [0.3, 0.4) is 0 Å². The summed E-state index contributed by atoms with van der Waals surface area (Å²) in [5.41, 5.74) is 6.94. The number of hydrogen-bond acceptors (Lipinski definition) is 3. The third-order valence-corrected chi connectivity index (χ3v) is 5.01.